The van der Waals surface area contributed by atoms with E-state index in [4.69, 9.17) is 11.6 Å². The van der Waals surface area contributed by atoms with Crippen LogP contribution in [0.25, 0.3) is 11.0 Å². The van der Waals surface area contributed by atoms with Crippen LogP contribution in [0, 0.1) is 0 Å². The molecule has 0 saturated carbocycles. The zero-order valence-corrected chi connectivity index (χ0v) is 12.2. The Bertz CT molecular complexity index is 743. The molecule has 0 aliphatic carbocycles. The first kappa shape index (κ1) is 13.8. The van der Waals surface area contributed by atoms with Gasteiger partial charge in [-0.15, -0.1) is 0 Å². The van der Waals surface area contributed by atoms with E-state index in [1.54, 1.807) is 6.07 Å². The number of rotatable bonds is 2. The van der Waals surface area contributed by atoms with Gasteiger partial charge in [0.05, 0.1) is 16.5 Å². The van der Waals surface area contributed by atoms with Crippen LogP contribution in [-0.2, 0) is 10.0 Å². The summed E-state index contributed by atoms with van der Waals surface area (Å²) < 4.78 is 26.6. The topological polar surface area (TPSA) is 86.3 Å². The van der Waals surface area contributed by atoms with Gasteiger partial charge in [-0.1, -0.05) is 11.6 Å². The zero-order valence-electron chi connectivity index (χ0n) is 10.6. The summed E-state index contributed by atoms with van der Waals surface area (Å²) in [5, 5.41) is 10.4. The third-order valence-electron chi connectivity index (χ3n) is 3.46. The molecule has 3 rings (SSSR count). The minimum Gasteiger partial charge on any atom is -0.392 e. The van der Waals surface area contributed by atoms with E-state index in [2.05, 4.69) is 9.97 Å². The first-order valence-electron chi connectivity index (χ1n) is 6.30. The van der Waals surface area contributed by atoms with Crippen LogP contribution in [0.4, 0.5) is 0 Å². The summed E-state index contributed by atoms with van der Waals surface area (Å²) in [6.07, 6.45) is 3.58. The summed E-state index contributed by atoms with van der Waals surface area (Å²) in [5.74, 6) is 0. The number of pyridine rings is 1. The molecule has 20 heavy (non-hydrogen) atoms. The predicted molar refractivity (Wildman–Crippen MR) is 75.1 cm³/mol. The van der Waals surface area contributed by atoms with Crippen LogP contribution in [0.3, 0.4) is 0 Å². The van der Waals surface area contributed by atoms with Crippen LogP contribution < -0.4 is 0 Å². The maximum absolute atomic E-state index is 12.7. The molecule has 1 atom stereocenters. The molecule has 1 aliphatic heterocycles. The van der Waals surface area contributed by atoms with Gasteiger partial charge in [0.2, 0.25) is 10.0 Å². The Morgan fingerprint density at radius 1 is 1.50 bits per heavy atom. The van der Waals surface area contributed by atoms with Crippen LogP contribution in [-0.4, -0.2) is 47.0 Å². The summed E-state index contributed by atoms with van der Waals surface area (Å²) in [5.41, 5.74) is 0.439. The maximum Gasteiger partial charge on any atom is 0.245 e. The second-order valence-electron chi connectivity index (χ2n) is 4.83. The first-order valence-corrected chi connectivity index (χ1v) is 8.12. The van der Waals surface area contributed by atoms with Crippen molar-refractivity contribution in [2.75, 3.05) is 13.1 Å². The largest absolute Gasteiger partial charge is 0.392 e. The van der Waals surface area contributed by atoms with Crippen molar-refractivity contribution in [3.8, 4) is 0 Å². The summed E-state index contributed by atoms with van der Waals surface area (Å²) in [6, 6.07) is 1.56. The Morgan fingerprint density at radius 2 is 2.30 bits per heavy atom. The molecule has 1 unspecified atom stereocenters. The lowest BCUT2D eigenvalue weighted by molar-refractivity contribution is 0.108. The van der Waals surface area contributed by atoms with E-state index >= 15 is 0 Å². The second kappa shape index (κ2) is 5.00. The number of aromatic amines is 1. The normalized spacial score (nSPS) is 21.4. The molecule has 0 aromatic carbocycles. The van der Waals surface area contributed by atoms with Crippen LogP contribution >= 0.6 is 11.6 Å². The van der Waals surface area contributed by atoms with Gasteiger partial charge in [-0.3, -0.25) is 0 Å². The van der Waals surface area contributed by atoms with E-state index in [0.29, 0.717) is 35.4 Å². The Kier molecular flexibility index (Phi) is 3.45. The molecule has 1 saturated heterocycles. The molecule has 2 aromatic rings. The minimum atomic E-state index is -3.68. The monoisotopic (exact) mass is 315 g/mol. The Hall–Kier alpha value is -1.15. The quantitative estimate of drug-likeness (QED) is 0.876. The molecule has 1 aliphatic rings. The average molecular weight is 316 g/mol. The van der Waals surface area contributed by atoms with Crippen LogP contribution in [0.5, 0.6) is 0 Å². The summed E-state index contributed by atoms with van der Waals surface area (Å²) in [6.45, 7) is 0.525. The third-order valence-corrected chi connectivity index (χ3v) is 5.67. The minimum absolute atomic E-state index is 0.111. The molecular weight excluding hydrogens is 302 g/mol. The van der Waals surface area contributed by atoms with Crippen molar-refractivity contribution in [3.05, 3.63) is 23.5 Å². The van der Waals surface area contributed by atoms with Gasteiger partial charge < -0.3 is 10.1 Å². The van der Waals surface area contributed by atoms with Gasteiger partial charge in [-0.25, -0.2) is 13.4 Å². The van der Waals surface area contributed by atoms with E-state index in [1.165, 1.54) is 16.7 Å². The number of aliphatic hydroxyl groups excluding tert-OH is 1. The molecule has 2 N–H and O–H groups in total. The smallest absolute Gasteiger partial charge is 0.245 e. The van der Waals surface area contributed by atoms with E-state index in [9.17, 15) is 13.5 Å². The lowest BCUT2D eigenvalue weighted by atomic mass is 10.1. The average Bonchev–Trinajstić information content (AvgIpc) is 2.85. The number of hydrogen-bond acceptors (Lipinski definition) is 4. The van der Waals surface area contributed by atoms with Crippen molar-refractivity contribution in [1.82, 2.24) is 14.3 Å². The number of fused-ring (bicyclic) bond motifs is 1. The highest BCUT2D eigenvalue weighted by Gasteiger charge is 2.32. The molecule has 3 heterocycles. The molecule has 8 heteroatoms. The SMILES string of the molecule is O=S(=O)(c1c[nH]c2nccc(Cl)c12)N1CCCC(O)C1. The summed E-state index contributed by atoms with van der Waals surface area (Å²) >= 11 is 6.08. The Labute approximate surface area is 121 Å². The number of nitrogens with one attached hydrogen (secondary N) is 1. The van der Waals surface area contributed by atoms with Crippen molar-refractivity contribution in [3.63, 3.8) is 0 Å². The van der Waals surface area contributed by atoms with Gasteiger partial charge in [0.1, 0.15) is 10.5 Å². The van der Waals surface area contributed by atoms with Gasteiger partial charge in [0, 0.05) is 25.5 Å². The van der Waals surface area contributed by atoms with Crippen molar-refractivity contribution in [2.45, 2.75) is 23.8 Å². The molecular formula is C12H14ClN3O3S. The van der Waals surface area contributed by atoms with Crippen molar-refractivity contribution < 1.29 is 13.5 Å². The number of aromatic nitrogens is 2. The highest BCUT2D eigenvalue weighted by molar-refractivity contribution is 7.89. The molecule has 0 spiro atoms. The molecule has 2 aromatic heterocycles. The van der Waals surface area contributed by atoms with Crippen molar-refractivity contribution in [2.24, 2.45) is 0 Å². The van der Waals surface area contributed by atoms with E-state index < -0.39 is 16.1 Å². The predicted octanol–water partition coefficient (Wildman–Crippen LogP) is 1.36. The number of piperidine rings is 1. The fourth-order valence-electron chi connectivity index (χ4n) is 2.47. The molecule has 108 valence electrons. The number of nitrogens with zero attached hydrogens (tertiary/aromatic N) is 2. The first-order chi connectivity index (χ1) is 9.50. The number of hydrogen-bond donors (Lipinski definition) is 2. The van der Waals surface area contributed by atoms with Crippen LogP contribution in [0.15, 0.2) is 23.4 Å². The third kappa shape index (κ3) is 2.20. The fraction of sp³-hybridized carbons (Fsp3) is 0.417. The molecule has 1 fully saturated rings. The Morgan fingerprint density at radius 3 is 3.05 bits per heavy atom. The number of H-pyrrole nitrogens is 1. The van der Waals surface area contributed by atoms with E-state index in [0.717, 1.165) is 0 Å². The summed E-state index contributed by atoms with van der Waals surface area (Å²) in [4.78, 5) is 7.00. The van der Waals surface area contributed by atoms with Gasteiger partial charge in [-0.05, 0) is 18.9 Å². The maximum atomic E-state index is 12.7. The van der Waals surface area contributed by atoms with E-state index in [1.807, 2.05) is 0 Å². The molecule has 0 radical (unpaired) electrons. The molecule has 0 bridgehead atoms. The van der Waals surface area contributed by atoms with Gasteiger partial charge in [0.25, 0.3) is 0 Å². The molecule has 6 nitrogen and oxygen atoms in total. The van der Waals surface area contributed by atoms with Gasteiger partial charge in [0.15, 0.2) is 0 Å². The number of halogens is 1. The highest BCUT2D eigenvalue weighted by Crippen LogP contribution is 2.31. The Balaban J connectivity index is 2.10. The summed E-state index contributed by atoms with van der Waals surface area (Å²) in [7, 11) is -3.68. The second-order valence-corrected chi connectivity index (χ2v) is 7.14. The fourth-order valence-corrected chi connectivity index (χ4v) is 4.46. The van der Waals surface area contributed by atoms with E-state index in [-0.39, 0.29) is 11.4 Å². The highest BCUT2D eigenvalue weighted by atomic mass is 35.5. The van der Waals surface area contributed by atoms with Crippen molar-refractivity contribution in [1.29, 1.82) is 0 Å². The number of β-amino-alcohol motifs (C(OH)–C–C–N with tert-alkyl or cyclic N) is 1. The van der Waals surface area contributed by atoms with Crippen LogP contribution in [0.2, 0.25) is 5.02 Å². The van der Waals surface area contributed by atoms with Crippen LogP contribution in [0.1, 0.15) is 12.8 Å². The zero-order chi connectivity index (χ0) is 14.3. The number of aliphatic hydroxyl groups is 1. The van der Waals surface area contributed by atoms with Gasteiger partial charge >= 0.3 is 0 Å². The lowest BCUT2D eigenvalue weighted by Crippen LogP contribution is -2.42. The lowest BCUT2D eigenvalue weighted by Gasteiger charge is -2.28. The number of sulfonamides is 1. The van der Waals surface area contributed by atoms with Gasteiger partial charge in [-0.2, -0.15) is 4.31 Å². The molecule has 0 amide bonds. The van der Waals surface area contributed by atoms with Crippen molar-refractivity contribution >= 4 is 32.7 Å². The standard InChI is InChI=1S/C12H14ClN3O3S/c13-9-3-4-14-12-11(9)10(6-15-12)20(18,19)16-5-1-2-8(17)7-16/h3-4,6,8,17H,1-2,5,7H2,(H,14,15).